The first-order chi connectivity index (χ1) is 9.66. The van der Waals surface area contributed by atoms with Crippen LogP contribution in [0.1, 0.15) is 17.0 Å². The third-order valence-corrected chi connectivity index (χ3v) is 3.81. The largest absolute Gasteiger partial charge is 0.318 e. The fourth-order valence-corrected chi connectivity index (χ4v) is 2.76. The van der Waals surface area contributed by atoms with E-state index in [9.17, 15) is 0 Å². The first-order valence-corrected chi connectivity index (χ1v) is 6.98. The van der Waals surface area contributed by atoms with Gasteiger partial charge in [0.2, 0.25) is 0 Å². The molecule has 0 unspecified atom stereocenters. The van der Waals surface area contributed by atoms with Gasteiger partial charge in [-0.2, -0.15) is 0 Å². The van der Waals surface area contributed by atoms with Gasteiger partial charge in [0.1, 0.15) is 0 Å². The van der Waals surface area contributed by atoms with E-state index >= 15 is 0 Å². The van der Waals surface area contributed by atoms with Crippen molar-refractivity contribution in [3.63, 3.8) is 0 Å². The number of rotatable bonds is 2. The summed E-state index contributed by atoms with van der Waals surface area (Å²) >= 11 is 0. The van der Waals surface area contributed by atoms with Crippen LogP contribution in [-0.2, 0) is 0 Å². The van der Waals surface area contributed by atoms with Crippen molar-refractivity contribution in [2.75, 3.05) is 0 Å². The highest BCUT2D eigenvalue weighted by molar-refractivity contribution is 5.68. The van der Waals surface area contributed by atoms with Crippen LogP contribution in [-0.4, -0.2) is 4.57 Å². The zero-order valence-electron chi connectivity index (χ0n) is 12.2. The monoisotopic (exact) mass is 261 g/mol. The lowest BCUT2D eigenvalue weighted by Crippen LogP contribution is -1.98. The fraction of sp³-hybridized carbons (Fsp3) is 0.158. The predicted octanol–water partition coefficient (Wildman–Crippen LogP) is 5.07. The number of aryl methyl sites for hydroxylation is 2. The molecule has 3 aromatic rings. The van der Waals surface area contributed by atoms with Crippen LogP contribution in [0.2, 0.25) is 0 Å². The molecule has 1 aromatic heterocycles. The van der Waals surface area contributed by atoms with Crippen molar-refractivity contribution in [2.45, 2.75) is 20.8 Å². The number of aromatic nitrogens is 1. The molecule has 100 valence electrons. The van der Waals surface area contributed by atoms with Gasteiger partial charge in [-0.05, 0) is 44.5 Å². The van der Waals surface area contributed by atoms with Gasteiger partial charge in [-0.15, -0.1) is 0 Å². The summed E-state index contributed by atoms with van der Waals surface area (Å²) in [4.78, 5) is 0. The van der Waals surface area contributed by atoms with Gasteiger partial charge < -0.3 is 4.57 Å². The van der Waals surface area contributed by atoms with Crippen molar-refractivity contribution in [2.24, 2.45) is 0 Å². The molecule has 0 radical (unpaired) electrons. The molecule has 0 fully saturated rings. The van der Waals surface area contributed by atoms with Crippen molar-refractivity contribution in [3.05, 3.63) is 77.6 Å². The van der Waals surface area contributed by atoms with Crippen LogP contribution < -0.4 is 0 Å². The number of hydrogen-bond donors (Lipinski definition) is 0. The minimum Gasteiger partial charge on any atom is -0.318 e. The van der Waals surface area contributed by atoms with Gasteiger partial charge in [0, 0.05) is 22.6 Å². The Morgan fingerprint density at radius 2 is 1.40 bits per heavy atom. The highest BCUT2D eigenvalue weighted by Gasteiger charge is 2.11. The van der Waals surface area contributed by atoms with E-state index in [4.69, 9.17) is 0 Å². The molecule has 0 aliphatic heterocycles. The molecular formula is C19H19N. The van der Waals surface area contributed by atoms with Crippen LogP contribution in [0.25, 0.3) is 16.8 Å². The van der Waals surface area contributed by atoms with E-state index in [2.05, 4.69) is 86.0 Å². The van der Waals surface area contributed by atoms with E-state index < -0.39 is 0 Å². The Balaban J connectivity index is 2.14. The highest BCUT2D eigenvalue weighted by Crippen LogP contribution is 2.29. The van der Waals surface area contributed by atoms with Gasteiger partial charge in [0.05, 0.1) is 0 Å². The van der Waals surface area contributed by atoms with Crippen LogP contribution in [0.5, 0.6) is 0 Å². The molecule has 1 heteroatoms. The van der Waals surface area contributed by atoms with Gasteiger partial charge in [-0.3, -0.25) is 0 Å². The minimum absolute atomic E-state index is 1.23. The maximum atomic E-state index is 2.32. The van der Waals surface area contributed by atoms with Crippen molar-refractivity contribution in [1.82, 2.24) is 4.57 Å². The Bertz CT molecular complexity index is 718. The molecule has 0 aliphatic rings. The van der Waals surface area contributed by atoms with E-state index in [1.165, 1.54) is 33.8 Å². The molecule has 0 bridgehead atoms. The molecule has 0 saturated heterocycles. The average molecular weight is 261 g/mol. The summed E-state index contributed by atoms with van der Waals surface area (Å²) in [5, 5.41) is 0. The fourth-order valence-electron chi connectivity index (χ4n) is 2.76. The molecule has 0 N–H and O–H groups in total. The van der Waals surface area contributed by atoms with Crippen LogP contribution in [0.15, 0.2) is 60.7 Å². The highest BCUT2D eigenvalue weighted by atomic mass is 15.0. The summed E-state index contributed by atoms with van der Waals surface area (Å²) in [5.41, 5.74) is 7.66. The Hall–Kier alpha value is -2.28. The van der Waals surface area contributed by atoms with E-state index in [0.29, 0.717) is 0 Å². The van der Waals surface area contributed by atoms with E-state index in [1.54, 1.807) is 0 Å². The van der Waals surface area contributed by atoms with Crippen LogP contribution >= 0.6 is 0 Å². The molecular weight excluding hydrogens is 242 g/mol. The smallest absolute Gasteiger partial charge is 0.0455 e. The Morgan fingerprint density at radius 1 is 0.750 bits per heavy atom. The summed E-state index contributed by atoms with van der Waals surface area (Å²) in [6.07, 6.45) is 0. The number of nitrogens with zero attached hydrogens (tertiary/aromatic N) is 1. The van der Waals surface area contributed by atoms with Crippen molar-refractivity contribution in [1.29, 1.82) is 0 Å². The maximum Gasteiger partial charge on any atom is 0.0455 e. The van der Waals surface area contributed by atoms with E-state index in [1.807, 2.05) is 0 Å². The van der Waals surface area contributed by atoms with E-state index in [-0.39, 0.29) is 0 Å². The summed E-state index contributed by atoms with van der Waals surface area (Å²) in [7, 11) is 0. The Morgan fingerprint density at radius 3 is 2.05 bits per heavy atom. The topological polar surface area (TPSA) is 4.93 Å². The molecule has 20 heavy (non-hydrogen) atoms. The lowest BCUT2D eigenvalue weighted by molar-refractivity contribution is 0.966. The standard InChI is InChI=1S/C19H19N/c1-14-9-11-18(12-10-14)20-15(2)13-19(16(20)3)17-7-5-4-6-8-17/h4-13H,1-3H3. The van der Waals surface area contributed by atoms with Gasteiger partial charge in [0.25, 0.3) is 0 Å². The molecule has 1 heterocycles. The van der Waals surface area contributed by atoms with Crippen molar-refractivity contribution >= 4 is 0 Å². The number of hydrogen-bond acceptors (Lipinski definition) is 0. The Labute approximate surface area is 120 Å². The normalized spacial score (nSPS) is 10.8. The van der Waals surface area contributed by atoms with Crippen LogP contribution in [0, 0.1) is 20.8 Å². The van der Waals surface area contributed by atoms with Crippen LogP contribution in [0.4, 0.5) is 0 Å². The van der Waals surface area contributed by atoms with Crippen molar-refractivity contribution < 1.29 is 0 Å². The van der Waals surface area contributed by atoms with E-state index in [0.717, 1.165) is 0 Å². The second-order valence-corrected chi connectivity index (χ2v) is 5.32. The number of benzene rings is 2. The van der Waals surface area contributed by atoms with Gasteiger partial charge in [-0.25, -0.2) is 0 Å². The van der Waals surface area contributed by atoms with Gasteiger partial charge in [0.15, 0.2) is 0 Å². The third kappa shape index (κ3) is 2.16. The van der Waals surface area contributed by atoms with Crippen LogP contribution in [0.3, 0.4) is 0 Å². The first kappa shape index (κ1) is 12.7. The molecule has 3 rings (SSSR count). The first-order valence-electron chi connectivity index (χ1n) is 6.98. The second-order valence-electron chi connectivity index (χ2n) is 5.32. The lowest BCUT2D eigenvalue weighted by Gasteiger charge is -2.10. The Kier molecular flexibility index (Phi) is 3.19. The molecule has 0 aliphatic carbocycles. The summed E-state index contributed by atoms with van der Waals surface area (Å²) in [6.45, 7) is 6.48. The predicted molar refractivity (Wildman–Crippen MR) is 85.4 cm³/mol. The van der Waals surface area contributed by atoms with Crippen molar-refractivity contribution in [3.8, 4) is 16.8 Å². The quantitative estimate of drug-likeness (QED) is 0.607. The third-order valence-electron chi connectivity index (χ3n) is 3.81. The molecule has 0 atom stereocenters. The zero-order valence-corrected chi connectivity index (χ0v) is 12.2. The maximum absolute atomic E-state index is 2.32. The molecule has 0 amide bonds. The molecule has 2 aromatic carbocycles. The lowest BCUT2D eigenvalue weighted by atomic mass is 10.1. The second kappa shape index (κ2) is 5.01. The SMILES string of the molecule is Cc1ccc(-n2c(C)cc(-c3ccccc3)c2C)cc1. The summed E-state index contributed by atoms with van der Waals surface area (Å²) < 4.78 is 2.32. The average Bonchev–Trinajstić information content (AvgIpc) is 2.76. The van der Waals surface area contributed by atoms with Gasteiger partial charge >= 0.3 is 0 Å². The molecule has 0 spiro atoms. The molecule has 0 saturated carbocycles. The minimum atomic E-state index is 1.23. The zero-order chi connectivity index (χ0) is 14.1. The summed E-state index contributed by atoms with van der Waals surface area (Å²) in [6, 6.07) is 21.5. The van der Waals surface area contributed by atoms with Gasteiger partial charge in [-0.1, -0.05) is 48.0 Å². The summed E-state index contributed by atoms with van der Waals surface area (Å²) in [5.74, 6) is 0. The molecule has 1 nitrogen and oxygen atoms in total.